The standard InChI is InChI=1S/C17H28O4/c1-10(2)6-7-13-16(20-13)14-15(19-5)12(18-4)8-9-17(14)11(3)21-17/h6,11-16H,7-9H2,1-5H3/t11-,12?,13-,14?,15?,16+,17+/m1/s1. The zero-order valence-corrected chi connectivity index (χ0v) is 13.8. The first-order valence-corrected chi connectivity index (χ1v) is 8.05. The normalized spacial score (nSPS) is 48.2. The average Bonchev–Trinajstić information content (AvgIpc) is 3.35. The van der Waals surface area contributed by atoms with Crippen LogP contribution >= 0.6 is 0 Å². The van der Waals surface area contributed by atoms with Crippen molar-refractivity contribution in [3.63, 3.8) is 0 Å². The van der Waals surface area contributed by atoms with E-state index in [0.717, 1.165) is 19.3 Å². The van der Waals surface area contributed by atoms with Gasteiger partial charge in [0.25, 0.3) is 0 Å². The minimum absolute atomic E-state index is 0.0416. The van der Waals surface area contributed by atoms with Crippen molar-refractivity contribution in [3.05, 3.63) is 11.6 Å². The fraction of sp³-hybridized carbons (Fsp3) is 0.882. The lowest BCUT2D eigenvalue weighted by atomic mass is 9.71. The van der Waals surface area contributed by atoms with Gasteiger partial charge in [0.15, 0.2) is 0 Å². The van der Waals surface area contributed by atoms with Crippen LogP contribution in [-0.4, -0.2) is 50.3 Å². The van der Waals surface area contributed by atoms with Gasteiger partial charge in [0, 0.05) is 20.1 Å². The molecular weight excluding hydrogens is 268 g/mol. The van der Waals surface area contributed by atoms with Gasteiger partial charge in [0.1, 0.15) is 5.60 Å². The van der Waals surface area contributed by atoms with Crippen molar-refractivity contribution in [1.29, 1.82) is 0 Å². The summed E-state index contributed by atoms with van der Waals surface area (Å²) in [5, 5.41) is 0. The molecule has 2 saturated heterocycles. The minimum Gasteiger partial charge on any atom is -0.379 e. The number of ether oxygens (including phenoxy) is 4. The van der Waals surface area contributed by atoms with Gasteiger partial charge in [-0.25, -0.2) is 0 Å². The van der Waals surface area contributed by atoms with Crippen LogP contribution in [0.1, 0.15) is 40.0 Å². The van der Waals surface area contributed by atoms with E-state index in [2.05, 4.69) is 26.8 Å². The Labute approximate surface area is 127 Å². The first kappa shape index (κ1) is 15.5. The number of methoxy groups -OCH3 is 2. The second-order valence-electron chi connectivity index (χ2n) is 6.91. The lowest BCUT2D eigenvalue weighted by Gasteiger charge is -2.40. The molecule has 2 heterocycles. The molecule has 0 amide bonds. The molecule has 1 spiro atoms. The molecule has 0 N–H and O–H groups in total. The van der Waals surface area contributed by atoms with E-state index < -0.39 is 0 Å². The van der Waals surface area contributed by atoms with Crippen molar-refractivity contribution >= 4 is 0 Å². The SMILES string of the molecule is COC1CC[C@@]2(O[C@@H]2C)C([C@H]2O[C@@H]2CC=C(C)C)C1OC. The van der Waals surface area contributed by atoms with Crippen LogP contribution in [0, 0.1) is 5.92 Å². The van der Waals surface area contributed by atoms with Crippen LogP contribution in [0.3, 0.4) is 0 Å². The van der Waals surface area contributed by atoms with E-state index in [1.165, 1.54) is 5.57 Å². The Balaban J connectivity index is 1.74. The van der Waals surface area contributed by atoms with E-state index in [1.54, 1.807) is 14.2 Å². The predicted molar refractivity (Wildman–Crippen MR) is 80.3 cm³/mol. The van der Waals surface area contributed by atoms with Gasteiger partial charge < -0.3 is 18.9 Å². The van der Waals surface area contributed by atoms with Gasteiger partial charge in [-0.05, 0) is 40.0 Å². The third-order valence-electron chi connectivity index (χ3n) is 5.44. The maximum absolute atomic E-state index is 6.03. The summed E-state index contributed by atoms with van der Waals surface area (Å²) in [6.07, 6.45) is 6.37. The Morgan fingerprint density at radius 2 is 2.00 bits per heavy atom. The Hall–Kier alpha value is -0.420. The van der Waals surface area contributed by atoms with Gasteiger partial charge in [0.2, 0.25) is 0 Å². The molecule has 0 radical (unpaired) electrons. The van der Waals surface area contributed by atoms with E-state index in [0.29, 0.717) is 12.2 Å². The summed E-state index contributed by atoms with van der Waals surface area (Å²) in [7, 11) is 3.56. The number of hydrogen-bond donors (Lipinski definition) is 0. The molecule has 0 aromatic carbocycles. The highest BCUT2D eigenvalue weighted by Crippen LogP contribution is 2.57. The minimum atomic E-state index is -0.0416. The van der Waals surface area contributed by atoms with Crippen molar-refractivity contribution in [2.75, 3.05) is 14.2 Å². The molecule has 7 atom stereocenters. The highest BCUT2D eigenvalue weighted by atomic mass is 16.6. The summed E-state index contributed by atoms with van der Waals surface area (Å²) in [6, 6.07) is 0. The van der Waals surface area contributed by atoms with E-state index in [1.807, 2.05) is 0 Å². The van der Waals surface area contributed by atoms with Crippen LogP contribution in [0.2, 0.25) is 0 Å². The second kappa shape index (κ2) is 5.65. The van der Waals surface area contributed by atoms with Crippen LogP contribution < -0.4 is 0 Å². The molecule has 3 fully saturated rings. The lowest BCUT2D eigenvalue weighted by Crippen LogP contribution is -2.52. The van der Waals surface area contributed by atoms with Crippen LogP contribution in [0.5, 0.6) is 0 Å². The van der Waals surface area contributed by atoms with E-state index in [4.69, 9.17) is 18.9 Å². The van der Waals surface area contributed by atoms with Crippen molar-refractivity contribution in [3.8, 4) is 0 Å². The molecule has 4 nitrogen and oxygen atoms in total. The van der Waals surface area contributed by atoms with Crippen molar-refractivity contribution in [2.45, 2.75) is 76.2 Å². The van der Waals surface area contributed by atoms with Gasteiger partial charge in [-0.1, -0.05) is 11.6 Å². The molecule has 1 aliphatic carbocycles. The van der Waals surface area contributed by atoms with Crippen LogP contribution in [0.4, 0.5) is 0 Å². The number of allylic oxidation sites excluding steroid dienone is 1. The molecular formula is C17H28O4. The van der Waals surface area contributed by atoms with E-state index >= 15 is 0 Å². The quantitative estimate of drug-likeness (QED) is 0.578. The molecule has 21 heavy (non-hydrogen) atoms. The molecule has 0 bridgehead atoms. The smallest absolute Gasteiger partial charge is 0.103 e. The summed E-state index contributed by atoms with van der Waals surface area (Å²) in [6.45, 7) is 6.43. The Morgan fingerprint density at radius 1 is 1.29 bits per heavy atom. The van der Waals surface area contributed by atoms with Gasteiger partial charge in [-0.2, -0.15) is 0 Å². The predicted octanol–water partition coefficient (Wildman–Crippen LogP) is 2.71. The summed E-state index contributed by atoms with van der Waals surface area (Å²) >= 11 is 0. The molecule has 4 heteroatoms. The molecule has 0 aromatic rings. The van der Waals surface area contributed by atoms with Gasteiger partial charge in [0.05, 0.1) is 30.5 Å². The Kier molecular flexibility index (Phi) is 4.17. The number of hydrogen-bond acceptors (Lipinski definition) is 4. The van der Waals surface area contributed by atoms with Gasteiger partial charge in [-0.15, -0.1) is 0 Å². The highest BCUT2D eigenvalue weighted by Gasteiger charge is 2.69. The molecule has 3 rings (SSSR count). The first-order chi connectivity index (χ1) is 10.0. The third kappa shape index (κ3) is 2.67. The van der Waals surface area contributed by atoms with Gasteiger partial charge >= 0.3 is 0 Å². The van der Waals surface area contributed by atoms with E-state index in [9.17, 15) is 0 Å². The largest absolute Gasteiger partial charge is 0.379 e. The molecule has 2 aliphatic heterocycles. The van der Waals surface area contributed by atoms with Crippen LogP contribution in [0.15, 0.2) is 11.6 Å². The molecule has 0 aromatic heterocycles. The summed E-state index contributed by atoms with van der Waals surface area (Å²) < 4.78 is 23.5. The zero-order valence-electron chi connectivity index (χ0n) is 13.8. The number of epoxide rings is 2. The molecule has 1 saturated carbocycles. The van der Waals surface area contributed by atoms with Crippen LogP contribution in [0.25, 0.3) is 0 Å². The maximum atomic E-state index is 6.03. The molecule has 3 unspecified atom stereocenters. The lowest BCUT2D eigenvalue weighted by molar-refractivity contribution is -0.116. The van der Waals surface area contributed by atoms with Crippen molar-refractivity contribution < 1.29 is 18.9 Å². The topological polar surface area (TPSA) is 43.5 Å². The molecule has 3 aliphatic rings. The second-order valence-corrected chi connectivity index (χ2v) is 6.91. The summed E-state index contributed by atoms with van der Waals surface area (Å²) in [5.41, 5.74) is 1.30. The monoisotopic (exact) mass is 296 g/mol. The van der Waals surface area contributed by atoms with E-state index in [-0.39, 0.29) is 29.8 Å². The van der Waals surface area contributed by atoms with Crippen LogP contribution in [-0.2, 0) is 18.9 Å². The average molecular weight is 296 g/mol. The third-order valence-corrected chi connectivity index (χ3v) is 5.44. The molecule has 120 valence electrons. The summed E-state index contributed by atoms with van der Waals surface area (Å²) in [4.78, 5) is 0. The maximum Gasteiger partial charge on any atom is 0.103 e. The number of rotatable bonds is 5. The zero-order chi connectivity index (χ0) is 15.2. The highest BCUT2D eigenvalue weighted by molar-refractivity contribution is 5.18. The van der Waals surface area contributed by atoms with Gasteiger partial charge in [-0.3, -0.25) is 0 Å². The Bertz CT molecular complexity index is 417. The summed E-state index contributed by atoms with van der Waals surface area (Å²) in [5.74, 6) is 0.284. The van der Waals surface area contributed by atoms with Crippen molar-refractivity contribution in [1.82, 2.24) is 0 Å². The Morgan fingerprint density at radius 3 is 2.52 bits per heavy atom. The first-order valence-electron chi connectivity index (χ1n) is 8.05. The van der Waals surface area contributed by atoms with Crippen molar-refractivity contribution in [2.24, 2.45) is 5.92 Å². The fourth-order valence-corrected chi connectivity index (χ4v) is 4.14. The fourth-order valence-electron chi connectivity index (χ4n) is 4.14.